The van der Waals surface area contributed by atoms with Gasteiger partial charge in [0.25, 0.3) is 0 Å². The fourth-order valence-corrected chi connectivity index (χ4v) is 4.63. The number of nitrogens with one attached hydrogen (secondary N) is 2. The Labute approximate surface area is 161 Å². The van der Waals surface area contributed by atoms with Crippen molar-refractivity contribution in [1.82, 2.24) is 9.29 Å². The number of benzene rings is 1. The van der Waals surface area contributed by atoms with Crippen LogP contribution in [0.4, 0.5) is 15.6 Å². The zero-order valence-corrected chi connectivity index (χ0v) is 16.7. The molecule has 3 rings (SSSR count). The highest BCUT2D eigenvalue weighted by Gasteiger charge is 2.26. The van der Waals surface area contributed by atoms with Gasteiger partial charge in [0.2, 0.25) is 10.0 Å². The molecule has 0 fully saturated rings. The monoisotopic (exact) mass is 412 g/mol. The van der Waals surface area contributed by atoms with Crippen LogP contribution < -0.4 is 20.1 Å². The number of anilines is 2. The van der Waals surface area contributed by atoms with E-state index in [1.807, 2.05) is 0 Å². The summed E-state index contributed by atoms with van der Waals surface area (Å²) in [7, 11) is -0.246. The minimum Gasteiger partial charge on any atom is -0.493 e. The molecule has 1 aliphatic heterocycles. The van der Waals surface area contributed by atoms with Crippen molar-refractivity contribution in [3.8, 4) is 11.5 Å². The average molecular weight is 412 g/mol. The molecule has 2 amide bonds. The van der Waals surface area contributed by atoms with Crippen molar-refractivity contribution in [2.24, 2.45) is 0 Å². The Morgan fingerprint density at radius 3 is 2.70 bits per heavy atom. The number of methoxy groups -OCH3 is 2. The molecule has 27 heavy (non-hydrogen) atoms. The summed E-state index contributed by atoms with van der Waals surface area (Å²) in [6, 6.07) is 4.67. The van der Waals surface area contributed by atoms with Gasteiger partial charge in [-0.15, -0.1) is 0 Å². The molecule has 0 bridgehead atoms. The fraction of sp³-hybridized carbons (Fsp3) is 0.375. The van der Waals surface area contributed by atoms with Crippen LogP contribution in [0.25, 0.3) is 0 Å². The van der Waals surface area contributed by atoms with Crippen molar-refractivity contribution in [3.63, 3.8) is 0 Å². The van der Waals surface area contributed by atoms with E-state index < -0.39 is 16.1 Å². The van der Waals surface area contributed by atoms with Crippen molar-refractivity contribution in [1.29, 1.82) is 0 Å². The van der Waals surface area contributed by atoms with Crippen molar-refractivity contribution in [3.05, 3.63) is 28.8 Å². The Hall–Kier alpha value is -2.37. The number of fused-ring (bicyclic) bond motifs is 1. The molecule has 2 N–H and O–H groups in total. The second kappa shape index (κ2) is 7.71. The smallest absolute Gasteiger partial charge is 0.325 e. The topological polar surface area (TPSA) is 110 Å². The summed E-state index contributed by atoms with van der Waals surface area (Å²) in [5.74, 6) is 0.915. The lowest BCUT2D eigenvalue weighted by molar-refractivity contribution is 0.262. The molecule has 0 atom stereocenters. The van der Waals surface area contributed by atoms with Gasteiger partial charge in [-0.05, 0) is 12.1 Å². The van der Waals surface area contributed by atoms with E-state index in [1.165, 1.54) is 36.1 Å². The van der Waals surface area contributed by atoms with Crippen molar-refractivity contribution >= 4 is 38.2 Å². The molecule has 0 spiro atoms. The number of hydrogen-bond donors (Lipinski definition) is 2. The number of rotatable bonds is 5. The third-order valence-electron chi connectivity index (χ3n) is 4.04. The average Bonchev–Trinajstić information content (AvgIpc) is 3.01. The molecule has 0 saturated carbocycles. The van der Waals surface area contributed by atoms with Crippen LogP contribution in [0, 0.1) is 0 Å². The molecule has 11 heteroatoms. The highest BCUT2D eigenvalue weighted by Crippen LogP contribution is 2.35. The third-order valence-corrected chi connectivity index (χ3v) is 6.28. The second-order valence-corrected chi connectivity index (χ2v) is 8.92. The summed E-state index contributed by atoms with van der Waals surface area (Å²) in [5.41, 5.74) is 1.27. The summed E-state index contributed by atoms with van der Waals surface area (Å²) >= 11 is 1.27. The van der Waals surface area contributed by atoms with Crippen LogP contribution in [0.1, 0.15) is 10.6 Å². The van der Waals surface area contributed by atoms with Crippen LogP contribution in [0.2, 0.25) is 0 Å². The Balaban J connectivity index is 1.71. The van der Waals surface area contributed by atoms with Gasteiger partial charge in [-0.25, -0.2) is 18.2 Å². The van der Waals surface area contributed by atoms with E-state index in [-0.39, 0.29) is 6.54 Å². The molecule has 9 nitrogen and oxygen atoms in total. The lowest BCUT2D eigenvalue weighted by atomic mass is 10.2. The van der Waals surface area contributed by atoms with Crippen LogP contribution in [-0.4, -0.2) is 50.8 Å². The summed E-state index contributed by atoms with van der Waals surface area (Å²) in [6.45, 7) is 0.668. The number of thiazole rings is 1. The standard InChI is InChI=1S/C16H20N4O5S2/c1-24-12-6-4-5-11(14(12)25-2)17-15(21)19-16-18-10-7-8-20(27(3,22)23)9-13(10)26-16/h4-6H,7-9H2,1-3H3,(H2,17,18,19,21). The van der Waals surface area contributed by atoms with E-state index in [4.69, 9.17) is 9.47 Å². The first-order chi connectivity index (χ1) is 12.8. The van der Waals surface area contributed by atoms with Gasteiger partial charge in [0.15, 0.2) is 16.6 Å². The predicted molar refractivity (Wildman–Crippen MR) is 103 cm³/mol. The molecule has 0 unspecified atom stereocenters. The summed E-state index contributed by atoms with van der Waals surface area (Å²) in [4.78, 5) is 17.6. The van der Waals surface area contributed by atoms with Crippen molar-refractivity contribution < 1.29 is 22.7 Å². The minimum absolute atomic E-state index is 0.277. The van der Waals surface area contributed by atoms with Gasteiger partial charge in [-0.3, -0.25) is 5.32 Å². The number of urea groups is 1. The van der Waals surface area contributed by atoms with Crippen LogP contribution in [-0.2, 0) is 23.0 Å². The highest BCUT2D eigenvalue weighted by molar-refractivity contribution is 7.88. The first-order valence-electron chi connectivity index (χ1n) is 8.04. The molecule has 2 aromatic rings. The molecule has 1 aliphatic rings. The molecule has 146 valence electrons. The molecule has 1 aromatic heterocycles. The number of nitrogens with zero attached hydrogens (tertiary/aromatic N) is 2. The number of sulfonamides is 1. The Morgan fingerprint density at radius 2 is 2.04 bits per heavy atom. The highest BCUT2D eigenvalue weighted by atomic mass is 32.2. The van der Waals surface area contributed by atoms with E-state index in [9.17, 15) is 13.2 Å². The van der Waals surface area contributed by atoms with Crippen LogP contribution in [0.3, 0.4) is 0 Å². The lowest BCUT2D eigenvalue weighted by Gasteiger charge is -2.23. The molecule has 2 heterocycles. The van der Waals surface area contributed by atoms with Crippen molar-refractivity contribution in [2.45, 2.75) is 13.0 Å². The molecular formula is C16H20N4O5S2. The maximum Gasteiger partial charge on any atom is 0.325 e. The van der Waals surface area contributed by atoms with Gasteiger partial charge in [0.05, 0.1) is 31.9 Å². The normalized spacial score (nSPS) is 14.3. The van der Waals surface area contributed by atoms with Crippen LogP contribution in [0.5, 0.6) is 11.5 Å². The molecule has 0 radical (unpaired) electrons. The van der Waals surface area contributed by atoms with E-state index in [0.717, 1.165) is 10.6 Å². The van der Waals surface area contributed by atoms with Gasteiger partial charge < -0.3 is 14.8 Å². The maximum absolute atomic E-state index is 12.3. The van der Waals surface area contributed by atoms with E-state index in [2.05, 4.69) is 15.6 Å². The Morgan fingerprint density at radius 1 is 1.26 bits per heavy atom. The number of para-hydroxylation sites is 1. The fourth-order valence-electron chi connectivity index (χ4n) is 2.74. The zero-order valence-electron chi connectivity index (χ0n) is 15.1. The van der Waals surface area contributed by atoms with Gasteiger partial charge in [0, 0.05) is 24.4 Å². The SMILES string of the molecule is COc1cccc(NC(=O)Nc2nc3c(s2)CN(S(C)(=O)=O)CC3)c1OC. The second-order valence-electron chi connectivity index (χ2n) is 5.86. The van der Waals surface area contributed by atoms with Gasteiger partial charge >= 0.3 is 6.03 Å². The zero-order chi connectivity index (χ0) is 19.6. The van der Waals surface area contributed by atoms with Crippen molar-refractivity contribution in [2.75, 3.05) is 37.7 Å². The molecular weight excluding hydrogens is 392 g/mol. The first-order valence-corrected chi connectivity index (χ1v) is 10.7. The molecule has 1 aromatic carbocycles. The minimum atomic E-state index is -3.25. The largest absolute Gasteiger partial charge is 0.493 e. The number of amides is 2. The Kier molecular flexibility index (Phi) is 5.53. The number of carbonyl (C=O) groups is 1. The van der Waals surface area contributed by atoms with E-state index in [1.54, 1.807) is 18.2 Å². The number of ether oxygens (including phenoxy) is 2. The summed E-state index contributed by atoms with van der Waals surface area (Å²) in [6.07, 6.45) is 1.71. The molecule has 0 aliphatic carbocycles. The number of carbonyl (C=O) groups excluding carboxylic acids is 1. The summed E-state index contributed by atoms with van der Waals surface area (Å²) < 4.78 is 35.3. The lowest BCUT2D eigenvalue weighted by Crippen LogP contribution is -2.34. The number of hydrogen-bond acceptors (Lipinski definition) is 7. The maximum atomic E-state index is 12.3. The van der Waals surface area contributed by atoms with Gasteiger partial charge in [-0.1, -0.05) is 17.4 Å². The Bertz CT molecular complexity index is 958. The van der Waals surface area contributed by atoms with Gasteiger partial charge in [0.1, 0.15) is 0 Å². The quantitative estimate of drug-likeness (QED) is 0.778. The number of aromatic nitrogens is 1. The summed E-state index contributed by atoms with van der Waals surface area (Å²) in [5, 5.41) is 5.80. The van der Waals surface area contributed by atoms with Crippen LogP contribution >= 0.6 is 11.3 Å². The molecule has 0 saturated heterocycles. The first kappa shape index (κ1) is 19.4. The predicted octanol–water partition coefficient (Wildman–Crippen LogP) is 2.12. The van der Waals surface area contributed by atoms with Crippen LogP contribution in [0.15, 0.2) is 18.2 Å². The van der Waals surface area contributed by atoms with Gasteiger partial charge in [-0.2, -0.15) is 4.31 Å². The van der Waals surface area contributed by atoms with E-state index in [0.29, 0.717) is 35.3 Å². The van der Waals surface area contributed by atoms with E-state index >= 15 is 0 Å². The third kappa shape index (κ3) is 4.31.